The summed E-state index contributed by atoms with van der Waals surface area (Å²) in [5.74, 6) is 0.551. The molecular formula is C12H23NO2S. The fraction of sp³-hybridized carbons (Fsp3) is 0.917. The number of carbonyl (C=O) groups excluding carboxylic acids is 1. The van der Waals surface area contributed by atoms with Gasteiger partial charge >= 0.3 is 0 Å². The molecule has 2 aliphatic rings. The topological polar surface area (TPSA) is 40.5 Å². The number of aliphatic hydroxyl groups excluding tert-OH is 1. The van der Waals surface area contributed by atoms with E-state index in [-0.39, 0.29) is 12.0 Å². The minimum Gasteiger partial charge on any atom is -0.391 e. The Bertz CT molecular complexity index is 210. The van der Waals surface area contributed by atoms with E-state index in [4.69, 9.17) is 0 Å². The lowest BCUT2D eigenvalue weighted by Gasteiger charge is -2.25. The lowest BCUT2D eigenvalue weighted by atomic mass is 9.88. The Morgan fingerprint density at radius 1 is 1.19 bits per heavy atom. The second-order valence-corrected chi connectivity index (χ2v) is 4.56. The van der Waals surface area contributed by atoms with Crippen LogP contribution in [0.3, 0.4) is 0 Å². The minimum absolute atomic E-state index is 0.258. The Morgan fingerprint density at radius 3 is 2.31 bits per heavy atom. The molecule has 2 rings (SSSR count). The number of likely N-dealkylation sites (tertiary alicyclic amines) is 1. The Balaban J connectivity index is 0.000000606. The predicted molar refractivity (Wildman–Crippen MR) is 68.7 cm³/mol. The molecule has 1 aliphatic heterocycles. The SMILES string of the molecule is CS.O=C(C1CCCCC1)N1CCC(O)C1. The molecule has 0 aromatic carbocycles. The summed E-state index contributed by atoms with van der Waals surface area (Å²) in [6, 6.07) is 0. The Morgan fingerprint density at radius 2 is 1.81 bits per heavy atom. The molecule has 1 amide bonds. The van der Waals surface area contributed by atoms with E-state index in [2.05, 4.69) is 12.6 Å². The van der Waals surface area contributed by atoms with Crippen LogP contribution < -0.4 is 0 Å². The standard InChI is InChI=1S/C11H19NO2.CH4S/c13-10-6-7-12(8-10)11(14)9-4-2-1-3-5-9;1-2/h9-10,13H,1-8H2;2H,1H3. The Hall–Kier alpha value is -0.220. The largest absolute Gasteiger partial charge is 0.391 e. The molecule has 0 bridgehead atoms. The van der Waals surface area contributed by atoms with Crippen LogP contribution in [0, 0.1) is 5.92 Å². The van der Waals surface area contributed by atoms with Gasteiger partial charge in [-0.3, -0.25) is 4.79 Å². The molecule has 0 spiro atoms. The number of β-amino-alcohol motifs (C(OH)–C–C–N with tert-alkyl or cyclic N) is 1. The highest BCUT2D eigenvalue weighted by atomic mass is 32.1. The summed E-state index contributed by atoms with van der Waals surface area (Å²) in [6.07, 6.45) is 7.99. The molecule has 1 saturated carbocycles. The molecule has 1 N–H and O–H groups in total. The van der Waals surface area contributed by atoms with Gasteiger partial charge in [0, 0.05) is 19.0 Å². The summed E-state index contributed by atoms with van der Waals surface area (Å²) in [5.41, 5.74) is 0. The molecule has 1 heterocycles. The molecule has 1 saturated heterocycles. The van der Waals surface area contributed by atoms with Gasteiger partial charge in [0.25, 0.3) is 0 Å². The van der Waals surface area contributed by atoms with Gasteiger partial charge in [0.05, 0.1) is 6.10 Å². The third-order valence-corrected chi connectivity index (χ3v) is 3.43. The van der Waals surface area contributed by atoms with Crippen LogP contribution in [0.25, 0.3) is 0 Å². The summed E-state index contributed by atoms with van der Waals surface area (Å²) in [7, 11) is 0. The van der Waals surface area contributed by atoms with Crippen LogP contribution >= 0.6 is 12.6 Å². The maximum absolute atomic E-state index is 12.0. The van der Waals surface area contributed by atoms with Crippen LogP contribution in [-0.2, 0) is 4.79 Å². The van der Waals surface area contributed by atoms with Crippen molar-refractivity contribution in [2.24, 2.45) is 5.92 Å². The van der Waals surface area contributed by atoms with E-state index in [1.807, 2.05) is 4.90 Å². The lowest BCUT2D eigenvalue weighted by Crippen LogP contribution is -2.35. The van der Waals surface area contributed by atoms with Crippen molar-refractivity contribution >= 4 is 18.5 Å². The van der Waals surface area contributed by atoms with Crippen molar-refractivity contribution < 1.29 is 9.90 Å². The lowest BCUT2D eigenvalue weighted by molar-refractivity contribution is -0.135. The molecule has 16 heavy (non-hydrogen) atoms. The van der Waals surface area contributed by atoms with Gasteiger partial charge in [-0.15, -0.1) is 0 Å². The van der Waals surface area contributed by atoms with E-state index in [1.165, 1.54) is 19.3 Å². The van der Waals surface area contributed by atoms with E-state index in [9.17, 15) is 9.90 Å². The molecule has 1 aliphatic carbocycles. The van der Waals surface area contributed by atoms with Crippen molar-refractivity contribution in [2.75, 3.05) is 19.3 Å². The number of nitrogens with zero attached hydrogens (tertiary/aromatic N) is 1. The first-order chi connectivity index (χ1) is 7.77. The first-order valence-electron chi connectivity index (χ1n) is 6.19. The fourth-order valence-electron chi connectivity index (χ4n) is 2.55. The number of amides is 1. The number of aliphatic hydroxyl groups is 1. The zero-order valence-corrected chi connectivity index (χ0v) is 11.0. The van der Waals surface area contributed by atoms with Crippen molar-refractivity contribution in [3.05, 3.63) is 0 Å². The Labute approximate surface area is 104 Å². The third kappa shape index (κ3) is 3.67. The van der Waals surface area contributed by atoms with Crippen molar-refractivity contribution in [2.45, 2.75) is 44.6 Å². The van der Waals surface area contributed by atoms with Gasteiger partial charge in [-0.1, -0.05) is 19.3 Å². The van der Waals surface area contributed by atoms with Gasteiger partial charge in [-0.05, 0) is 25.5 Å². The van der Waals surface area contributed by atoms with Crippen LogP contribution in [0.1, 0.15) is 38.5 Å². The first kappa shape index (κ1) is 13.8. The zero-order valence-electron chi connectivity index (χ0n) is 10.1. The molecule has 0 aromatic heterocycles. The second kappa shape index (κ2) is 7.17. The molecular weight excluding hydrogens is 222 g/mol. The summed E-state index contributed by atoms with van der Waals surface area (Å²) >= 11 is 3.53. The van der Waals surface area contributed by atoms with Crippen LogP contribution in [0.15, 0.2) is 0 Å². The average molecular weight is 245 g/mol. The van der Waals surface area contributed by atoms with Gasteiger partial charge in [-0.25, -0.2) is 0 Å². The highest BCUT2D eigenvalue weighted by Gasteiger charge is 2.30. The Kier molecular flexibility index (Phi) is 6.21. The van der Waals surface area contributed by atoms with Crippen LogP contribution in [-0.4, -0.2) is 41.4 Å². The smallest absolute Gasteiger partial charge is 0.225 e. The number of thiol groups is 1. The fourth-order valence-corrected chi connectivity index (χ4v) is 2.55. The van der Waals surface area contributed by atoms with Crippen molar-refractivity contribution in [1.29, 1.82) is 0 Å². The van der Waals surface area contributed by atoms with E-state index >= 15 is 0 Å². The minimum atomic E-state index is -0.275. The molecule has 4 heteroatoms. The van der Waals surface area contributed by atoms with E-state index in [0.717, 1.165) is 25.8 Å². The summed E-state index contributed by atoms with van der Waals surface area (Å²) < 4.78 is 0. The molecule has 1 unspecified atom stereocenters. The monoisotopic (exact) mass is 245 g/mol. The number of hydrogen-bond acceptors (Lipinski definition) is 3. The number of carbonyl (C=O) groups is 1. The van der Waals surface area contributed by atoms with Crippen molar-refractivity contribution in [1.82, 2.24) is 4.90 Å². The molecule has 3 nitrogen and oxygen atoms in total. The van der Waals surface area contributed by atoms with Gasteiger partial charge in [0.1, 0.15) is 0 Å². The zero-order chi connectivity index (χ0) is 12.0. The van der Waals surface area contributed by atoms with Crippen molar-refractivity contribution in [3.63, 3.8) is 0 Å². The van der Waals surface area contributed by atoms with Crippen molar-refractivity contribution in [3.8, 4) is 0 Å². The average Bonchev–Trinajstić information content (AvgIpc) is 2.79. The number of rotatable bonds is 1. The van der Waals surface area contributed by atoms with Crippen LogP contribution in [0.5, 0.6) is 0 Å². The van der Waals surface area contributed by atoms with Crippen LogP contribution in [0.4, 0.5) is 0 Å². The van der Waals surface area contributed by atoms with E-state index in [0.29, 0.717) is 12.5 Å². The molecule has 0 radical (unpaired) electrons. The maximum atomic E-state index is 12.0. The first-order valence-corrected chi connectivity index (χ1v) is 7.08. The normalized spacial score (nSPS) is 26.2. The molecule has 1 atom stereocenters. The third-order valence-electron chi connectivity index (χ3n) is 3.43. The van der Waals surface area contributed by atoms with Gasteiger partial charge in [0.15, 0.2) is 0 Å². The quantitative estimate of drug-likeness (QED) is 0.690. The predicted octanol–water partition coefficient (Wildman–Crippen LogP) is 1.71. The van der Waals surface area contributed by atoms with Gasteiger partial charge < -0.3 is 10.0 Å². The summed E-state index contributed by atoms with van der Waals surface area (Å²) in [6.45, 7) is 1.33. The highest BCUT2D eigenvalue weighted by Crippen LogP contribution is 2.26. The number of hydrogen-bond donors (Lipinski definition) is 2. The summed E-state index contributed by atoms with van der Waals surface area (Å²) in [4.78, 5) is 13.8. The van der Waals surface area contributed by atoms with E-state index in [1.54, 1.807) is 6.26 Å². The summed E-state index contributed by atoms with van der Waals surface area (Å²) in [5, 5.41) is 9.35. The van der Waals surface area contributed by atoms with Crippen LogP contribution in [0.2, 0.25) is 0 Å². The molecule has 0 aromatic rings. The second-order valence-electron chi connectivity index (χ2n) is 4.56. The van der Waals surface area contributed by atoms with E-state index < -0.39 is 0 Å². The molecule has 2 fully saturated rings. The highest BCUT2D eigenvalue weighted by molar-refractivity contribution is 7.79. The van der Waals surface area contributed by atoms with Gasteiger partial charge in [-0.2, -0.15) is 12.6 Å². The maximum Gasteiger partial charge on any atom is 0.225 e. The molecule has 94 valence electrons. The van der Waals surface area contributed by atoms with Gasteiger partial charge in [0.2, 0.25) is 5.91 Å².